The van der Waals surface area contributed by atoms with Crippen LogP contribution in [0.1, 0.15) is 32.1 Å². The number of thiazole rings is 1. The van der Waals surface area contributed by atoms with Gasteiger partial charge < -0.3 is 4.74 Å². The van der Waals surface area contributed by atoms with Crippen LogP contribution in [0.4, 0.5) is 5.69 Å². The Labute approximate surface area is 208 Å². The Morgan fingerprint density at radius 3 is 2.47 bits per heavy atom. The lowest BCUT2D eigenvalue weighted by atomic mass is 9.90. The first-order chi connectivity index (χ1) is 16.6. The van der Waals surface area contributed by atoms with Gasteiger partial charge in [-0.1, -0.05) is 25.3 Å². The number of hydrogen-bond acceptors (Lipinski definition) is 7. The standard InChI is InChI=1S/C24H28N4O3S3/c29-34(30,27-12-14-31-15-13-27)21-10-8-20(9-11-21)26-24-28(25-17-19-5-2-1-3-6-19)22(18-33-24)23-7-4-16-32-23/h4,7-11,16-19H,1-3,5-6,12-15H2. The second kappa shape index (κ2) is 10.7. The smallest absolute Gasteiger partial charge is 0.243 e. The highest BCUT2D eigenvalue weighted by molar-refractivity contribution is 7.89. The minimum atomic E-state index is -3.52. The van der Waals surface area contributed by atoms with Gasteiger partial charge in [0.25, 0.3) is 0 Å². The number of rotatable bonds is 6. The first kappa shape index (κ1) is 23.6. The maximum absolute atomic E-state index is 12.9. The third-order valence-corrected chi connectivity index (χ3v) is 9.79. The number of hydrogen-bond donors (Lipinski definition) is 0. The number of ether oxygens (including phenoxy) is 1. The lowest BCUT2D eigenvalue weighted by molar-refractivity contribution is 0.0730. The second-order valence-corrected chi connectivity index (χ2v) is 12.2. The highest BCUT2D eigenvalue weighted by Gasteiger charge is 2.26. The molecule has 7 nitrogen and oxygen atoms in total. The van der Waals surface area contributed by atoms with Gasteiger partial charge in [-0.25, -0.2) is 18.1 Å². The zero-order valence-electron chi connectivity index (χ0n) is 18.9. The topological polar surface area (TPSA) is 76.3 Å². The van der Waals surface area contributed by atoms with Crippen molar-refractivity contribution in [3.05, 3.63) is 52.0 Å². The summed E-state index contributed by atoms with van der Waals surface area (Å²) in [6.45, 7) is 1.63. The van der Waals surface area contributed by atoms with Gasteiger partial charge in [-0.2, -0.15) is 9.41 Å². The van der Waals surface area contributed by atoms with Crippen LogP contribution in [-0.4, -0.2) is 49.9 Å². The molecule has 1 aliphatic heterocycles. The number of thiophene rings is 1. The molecule has 2 aliphatic rings. The van der Waals surface area contributed by atoms with Gasteiger partial charge >= 0.3 is 0 Å². The summed E-state index contributed by atoms with van der Waals surface area (Å²) < 4.78 is 34.5. The summed E-state index contributed by atoms with van der Waals surface area (Å²) in [5, 5.41) is 9.01. The van der Waals surface area contributed by atoms with E-state index in [1.54, 1.807) is 35.6 Å². The maximum atomic E-state index is 12.9. The molecule has 2 fully saturated rings. The van der Waals surface area contributed by atoms with E-state index in [1.165, 1.54) is 47.7 Å². The third kappa shape index (κ3) is 5.26. The third-order valence-electron chi connectivity index (χ3n) is 6.17. The van der Waals surface area contributed by atoms with Gasteiger partial charge in [0.15, 0.2) is 0 Å². The monoisotopic (exact) mass is 516 g/mol. The van der Waals surface area contributed by atoms with E-state index in [2.05, 4.69) is 23.0 Å². The lowest BCUT2D eigenvalue weighted by Gasteiger charge is -2.26. The molecule has 3 aromatic rings. The number of nitrogens with zero attached hydrogens (tertiary/aromatic N) is 4. The Kier molecular flexibility index (Phi) is 7.40. The Morgan fingerprint density at radius 2 is 1.76 bits per heavy atom. The molecule has 3 heterocycles. The average molecular weight is 517 g/mol. The summed E-state index contributed by atoms with van der Waals surface area (Å²) in [4.78, 5) is 7.00. The molecule has 2 aromatic heterocycles. The fourth-order valence-electron chi connectivity index (χ4n) is 4.27. The Bertz CT molecular complexity index is 1280. The summed E-state index contributed by atoms with van der Waals surface area (Å²) in [6, 6.07) is 10.9. The largest absolute Gasteiger partial charge is 0.379 e. The molecule has 0 atom stereocenters. The van der Waals surface area contributed by atoms with E-state index in [0.29, 0.717) is 37.9 Å². The Morgan fingerprint density at radius 1 is 1.00 bits per heavy atom. The summed E-state index contributed by atoms with van der Waals surface area (Å²) in [5.74, 6) is 0.509. The molecule has 1 aromatic carbocycles. The van der Waals surface area contributed by atoms with Crippen molar-refractivity contribution in [1.29, 1.82) is 0 Å². The van der Waals surface area contributed by atoms with Crippen LogP contribution >= 0.6 is 22.7 Å². The van der Waals surface area contributed by atoms with Crippen LogP contribution in [-0.2, 0) is 14.8 Å². The SMILES string of the molecule is O=S(=O)(c1ccc(N=c2scc(-c3cccs3)n2N=CC2CCCCC2)cc1)N1CCOCC1. The quantitative estimate of drug-likeness (QED) is 0.435. The van der Waals surface area contributed by atoms with Crippen molar-refractivity contribution in [2.45, 2.75) is 37.0 Å². The van der Waals surface area contributed by atoms with Gasteiger partial charge in [-0.05, 0) is 54.5 Å². The van der Waals surface area contributed by atoms with Crippen molar-refractivity contribution in [3.8, 4) is 10.6 Å². The zero-order valence-corrected chi connectivity index (χ0v) is 21.3. The molecular formula is C24H28N4O3S3. The molecule has 0 spiro atoms. The van der Waals surface area contributed by atoms with Crippen molar-refractivity contribution in [2.75, 3.05) is 26.3 Å². The van der Waals surface area contributed by atoms with Crippen LogP contribution in [0.3, 0.4) is 0 Å². The van der Waals surface area contributed by atoms with E-state index >= 15 is 0 Å². The van der Waals surface area contributed by atoms with Crippen LogP contribution in [0.5, 0.6) is 0 Å². The van der Waals surface area contributed by atoms with Crippen molar-refractivity contribution in [3.63, 3.8) is 0 Å². The van der Waals surface area contributed by atoms with E-state index in [0.717, 1.165) is 15.4 Å². The summed E-state index contributed by atoms with van der Waals surface area (Å²) in [5.41, 5.74) is 1.72. The van der Waals surface area contributed by atoms with E-state index in [-0.39, 0.29) is 4.90 Å². The molecule has 0 bridgehead atoms. The predicted octanol–water partition coefficient (Wildman–Crippen LogP) is 4.95. The van der Waals surface area contributed by atoms with Crippen molar-refractivity contribution in [2.24, 2.45) is 16.0 Å². The van der Waals surface area contributed by atoms with Gasteiger partial charge in [0.1, 0.15) is 0 Å². The van der Waals surface area contributed by atoms with Crippen LogP contribution in [0.15, 0.2) is 62.1 Å². The van der Waals surface area contributed by atoms with Crippen molar-refractivity contribution < 1.29 is 13.2 Å². The molecule has 0 unspecified atom stereocenters. The highest BCUT2D eigenvalue weighted by atomic mass is 32.2. The number of morpholine rings is 1. The van der Waals surface area contributed by atoms with Gasteiger partial charge in [0.05, 0.1) is 34.4 Å². The Balaban J connectivity index is 1.45. The molecule has 34 heavy (non-hydrogen) atoms. The van der Waals surface area contributed by atoms with Gasteiger partial charge in [-0.15, -0.1) is 22.7 Å². The van der Waals surface area contributed by atoms with Gasteiger partial charge in [0, 0.05) is 24.7 Å². The fraction of sp³-hybridized carbons (Fsp3) is 0.417. The van der Waals surface area contributed by atoms with Crippen LogP contribution in [0.25, 0.3) is 10.6 Å². The Hall–Kier alpha value is -2.11. The van der Waals surface area contributed by atoms with Gasteiger partial charge in [-0.3, -0.25) is 0 Å². The predicted molar refractivity (Wildman–Crippen MR) is 137 cm³/mol. The van der Waals surface area contributed by atoms with E-state index in [9.17, 15) is 8.42 Å². The molecule has 1 saturated heterocycles. The van der Waals surface area contributed by atoms with Crippen LogP contribution in [0, 0.1) is 5.92 Å². The second-order valence-electron chi connectivity index (χ2n) is 8.48. The first-order valence-electron chi connectivity index (χ1n) is 11.6. The molecule has 0 radical (unpaired) electrons. The molecule has 5 rings (SSSR count). The van der Waals surface area contributed by atoms with Crippen LogP contribution in [0.2, 0.25) is 0 Å². The summed E-state index contributed by atoms with van der Waals surface area (Å²) >= 11 is 3.22. The minimum Gasteiger partial charge on any atom is -0.379 e. The molecule has 1 aliphatic carbocycles. The van der Waals surface area contributed by atoms with Crippen LogP contribution < -0.4 is 4.80 Å². The summed E-state index contributed by atoms with van der Waals surface area (Å²) in [7, 11) is -3.52. The number of sulfonamides is 1. The fourth-order valence-corrected chi connectivity index (χ4v) is 7.32. The molecule has 0 amide bonds. The minimum absolute atomic E-state index is 0.280. The zero-order chi connectivity index (χ0) is 23.4. The summed E-state index contributed by atoms with van der Waals surface area (Å²) in [6.07, 6.45) is 8.30. The lowest BCUT2D eigenvalue weighted by Crippen LogP contribution is -2.40. The van der Waals surface area contributed by atoms with E-state index in [4.69, 9.17) is 14.8 Å². The molecular weight excluding hydrogens is 488 g/mol. The molecule has 1 saturated carbocycles. The molecule has 0 N–H and O–H groups in total. The molecule has 10 heteroatoms. The average Bonchev–Trinajstić information content (AvgIpc) is 3.54. The normalized spacial score (nSPS) is 19.2. The van der Waals surface area contributed by atoms with E-state index < -0.39 is 10.0 Å². The number of benzene rings is 1. The van der Waals surface area contributed by atoms with E-state index in [1.807, 2.05) is 10.7 Å². The van der Waals surface area contributed by atoms with Crippen molar-refractivity contribution in [1.82, 2.24) is 8.98 Å². The first-order valence-corrected chi connectivity index (χ1v) is 14.8. The van der Waals surface area contributed by atoms with Gasteiger partial charge in [0.2, 0.25) is 14.8 Å². The number of aromatic nitrogens is 1. The molecule has 180 valence electrons. The van der Waals surface area contributed by atoms with Crippen molar-refractivity contribution >= 4 is 44.6 Å². The maximum Gasteiger partial charge on any atom is 0.243 e. The highest BCUT2D eigenvalue weighted by Crippen LogP contribution is 2.27.